The SMILES string of the molecule is COc1ccc(Br)cc1/C=C/C(=O)OCC(=O)N1CCCCC1C. The largest absolute Gasteiger partial charge is 0.496 e. The van der Waals surface area contributed by atoms with E-state index in [2.05, 4.69) is 15.9 Å². The van der Waals surface area contributed by atoms with Crippen molar-refractivity contribution in [3.8, 4) is 5.75 Å². The van der Waals surface area contributed by atoms with Crippen molar-refractivity contribution >= 4 is 33.9 Å². The molecular formula is C18H22BrNO4. The van der Waals surface area contributed by atoms with Crippen LogP contribution in [0.4, 0.5) is 0 Å². The van der Waals surface area contributed by atoms with Crippen LogP contribution < -0.4 is 4.74 Å². The van der Waals surface area contributed by atoms with Crippen molar-refractivity contribution in [3.63, 3.8) is 0 Å². The molecule has 1 unspecified atom stereocenters. The summed E-state index contributed by atoms with van der Waals surface area (Å²) < 4.78 is 11.2. The highest BCUT2D eigenvalue weighted by molar-refractivity contribution is 9.10. The minimum absolute atomic E-state index is 0.135. The molecule has 2 rings (SSSR count). The highest BCUT2D eigenvalue weighted by Crippen LogP contribution is 2.24. The van der Waals surface area contributed by atoms with Gasteiger partial charge in [-0.1, -0.05) is 15.9 Å². The number of ether oxygens (including phenoxy) is 2. The van der Waals surface area contributed by atoms with E-state index < -0.39 is 5.97 Å². The Labute approximate surface area is 150 Å². The second-order valence-electron chi connectivity index (χ2n) is 5.76. The summed E-state index contributed by atoms with van der Waals surface area (Å²) in [4.78, 5) is 25.8. The maximum absolute atomic E-state index is 12.1. The molecule has 1 heterocycles. The Morgan fingerprint density at radius 2 is 2.17 bits per heavy atom. The molecule has 6 heteroatoms. The summed E-state index contributed by atoms with van der Waals surface area (Å²) in [6.45, 7) is 2.55. The van der Waals surface area contributed by atoms with E-state index in [1.807, 2.05) is 19.1 Å². The molecule has 5 nitrogen and oxygen atoms in total. The van der Waals surface area contributed by atoms with Crippen LogP contribution in [-0.2, 0) is 14.3 Å². The molecule has 0 radical (unpaired) electrons. The van der Waals surface area contributed by atoms with Crippen molar-refractivity contribution in [2.75, 3.05) is 20.3 Å². The molecule has 0 N–H and O–H groups in total. The second-order valence-corrected chi connectivity index (χ2v) is 6.67. The number of carbonyl (C=O) groups excluding carboxylic acids is 2. The Morgan fingerprint density at radius 3 is 2.88 bits per heavy atom. The number of hydrogen-bond donors (Lipinski definition) is 0. The van der Waals surface area contributed by atoms with Crippen molar-refractivity contribution in [1.82, 2.24) is 4.90 Å². The van der Waals surface area contributed by atoms with Crippen LogP contribution in [0.1, 0.15) is 31.7 Å². The van der Waals surface area contributed by atoms with Crippen molar-refractivity contribution in [2.45, 2.75) is 32.2 Å². The number of nitrogens with zero attached hydrogens (tertiary/aromatic N) is 1. The second kappa shape index (κ2) is 8.87. The lowest BCUT2D eigenvalue weighted by Gasteiger charge is -2.33. The Hall–Kier alpha value is -1.82. The van der Waals surface area contributed by atoms with E-state index in [1.165, 1.54) is 6.08 Å². The van der Waals surface area contributed by atoms with Gasteiger partial charge in [-0.2, -0.15) is 0 Å². The minimum Gasteiger partial charge on any atom is -0.496 e. The summed E-state index contributed by atoms with van der Waals surface area (Å²) >= 11 is 3.38. The van der Waals surface area contributed by atoms with Gasteiger partial charge in [0.2, 0.25) is 0 Å². The van der Waals surface area contributed by atoms with Gasteiger partial charge in [0, 0.05) is 28.7 Å². The first-order valence-electron chi connectivity index (χ1n) is 7.99. The molecule has 1 aliphatic heterocycles. The van der Waals surface area contributed by atoms with E-state index in [0.717, 1.165) is 35.8 Å². The molecule has 1 atom stereocenters. The average molecular weight is 396 g/mol. The van der Waals surface area contributed by atoms with Crippen molar-refractivity contribution in [1.29, 1.82) is 0 Å². The van der Waals surface area contributed by atoms with Crippen molar-refractivity contribution in [2.24, 2.45) is 0 Å². The van der Waals surface area contributed by atoms with Gasteiger partial charge in [0.05, 0.1) is 7.11 Å². The third kappa shape index (κ3) is 5.09. The third-order valence-corrected chi connectivity index (χ3v) is 4.55. The topological polar surface area (TPSA) is 55.8 Å². The van der Waals surface area contributed by atoms with Gasteiger partial charge in [-0.3, -0.25) is 4.79 Å². The molecule has 1 aromatic carbocycles. The van der Waals surface area contributed by atoms with Crippen LogP contribution in [0.15, 0.2) is 28.7 Å². The normalized spacial score (nSPS) is 17.8. The summed E-state index contributed by atoms with van der Waals surface area (Å²) in [5.74, 6) is -0.0282. The number of carbonyl (C=O) groups is 2. The van der Waals surface area contributed by atoms with E-state index >= 15 is 0 Å². The molecule has 1 aromatic rings. The fourth-order valence-corrected chi connectivity index (χ4v) is 3.10. The van der Waals surface area contributed by atoms with E-state index in [4.69, 9.17) is 9.47 Å². The third-order valence-electron chi connectivity index (χ3n) is 4.05. The van der Waals surface area contributed by atoms with Crippen molar-refractivity contribution in [3.05, 3.63) is 34.3 Å². The zero-order valence-corrected chi connectivity index (χ0v) is 15.5. The van der Waals surface area contributed by atoms with Crippen LogP contribution in [0, 0.1) is 0 Å². The standard InChI is InChI=1S/C18H22BrNO4/c1-13-5-3-4-10-20(13)17(21)12-24-18(22)9-6-14-11-15(19)7-8-16(14)23-2/h6-9,11,13H,3-5,10,12H2,1-2H3/b9-6+. The van der Waals surface area contributed by atoms with E-state index in [0.29, 0.717) is 5.75 Å². The number of hydrogen-bond acceptors (Lipinski definition) is 4. The van der Waals surface area contributed by atoms with E-state index in [1.54, 1.807) is 24.2 Å². The molecular weight excluding hydrogens is 374 g/mol. The number of amides is 1. The average Bonchev–Trinajstić information content (AvgIpc) is 2.58. The summed E-state index contributed by atoms with van der Waals surface area (Å²) in [6, 6.07) is 5.71. The fourth-order valence-electron chi connectivity index (χ4n) is 2.73. The number of rotatable bonds is 5. The lowest BCUT2D eigenvalue weighted by atomic mass is 10.0. The lowest BCUT2D eigenvalue weighted by Crippen LogP contribution is -2.44. The van der Waals surface area contributed by atoms with Gasteiger partial charge >= 0.3 is 5.97 Å². The molecule has 24 heavy (non-hydrogen) atoms. The van der Waals surface area contributed by atoms with Crippen molar-refractivity contribution < 1.29 is 19.1 Å². The smallest absolute Gasteiger partial charge is 0.331 e. The number of esters is 1. The summed E-state index contributed by atoms with van der Waals surface area (Å²) in [5.41, 5.74) is 0.750. The first-order chi connectivity index (χ1) is 11.5. The Balaban J connectivity index is 1.89. The summed E-state index contributed by atoms with van der Waals surface area (Å²) in [7, 11) is 1.57. The van der Waals surface area contributed by atoms with Gasteiger partial charge < -0.3 is 14.4 Å². The summed E-state index contributed by atoms with van der Waals surface area (Å²) in [6.07, 6.45) is 6.06. The van der Waals surface area contributed by atoms with Crippen LogP contribution >= 0.6 is 15.9 Å². The van der Waals surface area contributed by atoms with Gasteiger partial charge in [0.25, 0.3) is 5.91 Å². The van der Waals surface area contributed by atoms with Gasteiger partial charge in [-0.25, -0.2) is 4.79 Å². The van der Waals surface area contributed by atoms with Crippen LogP contribution in [0.3, 0.4) is 0 Å². The minimum atomic E-state index is -0.546. The maximum Gasteiger partial charge on any atom is 0.331 e. The highest BCUT2D eigenvalue weighted by atomic mass is 79.9. The first kappa shape index (κ1) is 18.5. The molecule has 0 bridgehead atoms. The number of piperidine rings is 1. The van der Waals surface area contributed by atoms with Crippen LogP contribution in [0.5, 0.6) is 5.75 Å². The summed E-state index contributed by atoms with van der Waals surface area (Å²) in [5, 5.41) is 0. The number of methoxy groups -OCH3 is 1. The molecule has 0 aliphatic carbocycles. The predicted molar refractivity (Wildman–Crippen MR) is 95.7 cm³/mol. The van der Waals surface area contributed by atoms with E-state index in [9.17, 15) is 9.59 Å². The Morgan fingerprint density at radius 1 is 1.38 bits per heavy atom. The van der Waals surface area contributed by atoms with Gasteiger partial charge in [-0.15, -0.1) is 0 Å². The predicted octanol–water partition coefficient (Wildman–Crippen LogP) is 3.42. The fraction of sp³-hybridized carbons (Fsp3) is 0.444. The van der Waals surface area contributed by atoms with Crippen LogP contribution in [0.25, 0.3) is 6.08 Å². The molecule has 1 amide bonds. The molecule has 1 fully saturated rings. The molecule has 1 aliphatic rings. The number of benzene rings is 1. The molecule has 1 saturated heterocycles. The molecule has 0 spiro atoms. The van der Waals surface area contributed by atoms with Gasteiger partial charge in [0.15, 0.2) is 6.61 Å². The van der Waals surface area contributed by atoms with Crippen LogP contribution in [0.2, 0.25) is 0 Å². The Bertz CT molecular complexity index is 629. The number of likely N-dealkylation sites (tertiary alicyclic amines) is 1. The quantitative estimate of drug-likeness (QED) is 0.566. The van der Waals surface area contributed by atoms with Gasteiger partial charge in [-0.05, 0) is 50.5 Å². The molecule has 0 aromatic heterocycles. The Kier molecular flexibility index (Phi) is 6.85. The number of halogens is 1. The first-order valence-corrected chi connectivity index (χ1v) is 8.78. The van der Waals surface area contributed by atoms with E-state index in [-0.39, 0.29) is 18.6 Å². The zero-order chi connectivity index (χ0) is 17.5. The zero-order valence-electron chi connectivity index (χ0n) is 14.0. The maximum atomic E-state index is 12.1. The monoisotopic (exact) mass is 395 g/mol. The van der Waals surface area contributed by atoms with Crippen LogP contribution in [-0.4, -0.2) is 43.1 Å². The van der Waals surface area contributed by atoms with Gasteiger partial charge in [0.1, 0.15) is 5.75 Å². The molecule has 130 valence electrons. The lowest BCUT2D eigenvalue weighted by molar-refractivity contribution is -0.149. The molecule has 0 saturated carbocycles. The highest BCUT2D eigenvalue weighted by Gasteiger charge is 2.23.